The molecule has 0 saturated heterocycles. The van der Waals surface area contributed by atoms with Crippen LogP contribution in [-0.4, -0.2) is 25.4 Å². The van der Waals surface area contributed by atoms with E-state index < -0.39 is 5.41 Å². The van der Waals surface area contributed by atoms with E-state index in [1.807, 2.05) is 12.1 Å². The first kappa shape index (κ1) is 30.9. The Labute approximate surface area is 263 Å². The fraction of sp³-hybridized carbons (Fsp3) is 0.605. The highest BCUT2D eigenvalue weighted by atomic mass is 16.5. The molecule has 6 heteroatoms. The number of allylic oxidation sites excluding steroid dienone is 5. The summed E-state index contributed by atoms with van der Waals surface area (Å²) in [4.78, 5) is 36.8. The van der Waals surface area contributed by atoms with Gasteiger partial charge in [-0.2, -0.15) is 0 Å². The molecule has 2 amide bonds. The summed E-state index contributed by atoms with van der Waals surface area (Å²) < 4.78 is 4.92. The molecule has 0 aromatic heterocycles. The number of benzene rings is 1. The summed E-state index contributed by atoms with van der Waals surface area (Å²) in [5, 5.41) is 0. The Balaban J connectivity index is 1.34. The quantitative estimate of drug-likeness (QED) is 0.154. The van der Waals surface area contributed by atoms with Gasteiger partial charge in [0.2, 0.25) is 12.3 Å². The molecular weight excluding hydrogens is 548 g/mol. The van der Waals surface area contributed by atoms with E-state index in [2.05, 4.69) is 76.3 Å². The minimum atomic E-state index is -0.494. The second kappa shape index (κ2) is 10.7. The highest BCUT2D eigenvalue weighted by Crippen LogP contribution is 2.73. The van der Waals surface area contributed by atoms with Crippen LogP contribution in [-0.2, 0) is 14.3 Å². The van der Waals surface area contributed by atoms with Crippen LogP contribution in [0.25, 0.3) is 5.57 Å². The number of nitrogens with one attached hydrogen (secondary N) is 2. The SMILES string of the molecule is C=C(C)[C@@H]1CC[C@]2(C(=O)NNC=O)CC=C3[C@H](CC[C@@H]4[C@@]5(C)CC=C(c6ccc(C(=O)OC)cc6)C(C)(C)[C@@H]5CC[C@@]34C)[C@@H]12. The van der Waals surface area contributed by atoms with Gasteiger partial charge >= 0.3 is 5.97 Å². The largest absolute Gasteiger partial charge is 0.465 e. The van der Waals surface area contributed by atoms with Crippen LogP contribution in [0.3, 0.4) is 0 Å². The van der Waals surface area contributed by atoms with Crippen LogP contribution >= 0.6 is 0 Å². The monoisotopic (exact) mass is 598 g/mol. The lowest BCUT2D eigenvalue weighted by Crippen LogP contribution is -2.59. The lowest BCUT2D eigenvalue weighted by Gasteiger charge is -2.66. The first-order valence-electron chi connectivity index (χ1n) is 16.6. The van der Waals surface area contributed by atoms with Crippen molar-refractivity contribution < 1.29 is 19.1 Å². The van der Waals surface area contributed by atoms with E-state index in [4.69, 9.17) is 4.74 Å². The van der Waals surface area contributed by atoms with Crippen molar-refractivity contribution in [2.24, 2.45) is 51.2 Å². The number of ether oxygens (including phenoxy) is 1. The predicted molar refractivity (Wildman–Crippen MR) is 173 cm³/mol. The van der Waals surface area contributed by atoms with E-state index in [0.717, 1.165) is 38.5 Å². The van der Waals surface area contributed by atoms with Crippen molar-refractivity contribution in [1.29, 1.82) is 0 Å². The van der Waals surface area contributed by atoms with Crippen molar-refractivity contribution in [2.45, 2.75) is 86.0 Å². The Bertz CT molecular complexity index is 1440. The molecule has 3 saturated carbocycles. The van der Waals surface area contributed by atoms with Crippen LogP contribution in [0.15, 0.2) is 54.1 Å². The second-order valence-corrected chi connectivity index (χ2v) is 15.6. The van der Waals surface area contributed by atoms with Gasteiger partial charge in [0.15, 0.2) is 0 Å². The third-order valence-electron chi connectivity index (χ3n) is 13.5. The summed E-state index contributed by atoms with van der Waals surface area (Å²) in [6, 6.07) is 7.94. The Hall–Kier alpha value is -3.15. The fourth-order valence-corrected chi connectivity index (χ4v) is 11.7. The molecule has 1 aromatic rings. The van der Waals surface area contributed by atoms with Crippen LogP contribution in [0.1, 0.15) is 102 Å². The maximum atomic E-state index is 13.7. The molecule has 236 valence electrons. The molecular formula is C38H50N2O4. The molecule has 0 unspecified atom stereocenters. The number of amides is 2. The van der Waals surface area contributed by atoms with Crippen LogP contribution in [0.2, 0.25) is 0 Å². The van der Waals surface area contributed by atoms with Gasteiger partial charge in [0.25, 0.3) is 0 Å². The number of carbonyl (C=O) groups is 3. The average Bonchev–Trinajstić information content (AvgIpc) is 3.41. The summed E-state index contributed by atoms with van der Waals surface area (Å²) in [6.45, 7) is 16.5. The molecule has 2 N–H and O–H groups in total. The van der Waals surface area contributed by atoms with Gasteiger partial charge in [-0.25, -0.2) is 4.79 Å². The van der Waals surface area contributed by atoms with E-state index >= 15 is 0 Å². The van der Waals surface area contributed by atoms with Gasteiger partial charge in [0.05, 0.1) is 18.1 Å². The normalized spacial score (nSPS) is 38.4. The highest BCUT2D eigenvalue weighted by Gasteiger charge is 2.65. The maximum Gasteiger partial charge on any atom is 0.337 e. The zero-order chi connectivity index (χ0) is 31.7. The Morgan fingerprint density at radius 1 is 0.955 bits per heavy atom. The van der Waals surface area contributed by atoms with Gasteiger partial charge in [-0.3, -0.25) is 20.4 Å². The second-order valence-electron chi connectivity index (χ2n) is 15.6. The van der Waals surface area contributed by atoms with Gasteiger partial charge in [0, 0.05) is 0 Å². The summed E-state index contributed by atoms with van der Waals surface area (Å²) >= 11 is 0. The lowest BCUT2D eigenvalue weighted by molar-refractivity contribution is -0.140. The van der Waals surface area contributed by atoms with Gasteiger partial charge in [-0.05, 0) is 127 Å². The number of carbonyl (C=O) groups excluding carboxylic acids is 3. The van der Waals surface area contributed by atoms with Crippen LogP contribution in [0.4, 0.5) is 0 Å². The molecule has 0 radical (unpaired) electrons. The molecule has 0 bridgehead atoms. The Morgan fingerprint density at radius 2 is 1.68 bits per heavy atom. The third-order valence-corrected chi connectivity index (χ3v) is 13.5. The van der Waals surface area contributed by atoms with Crippen molar-refractivity contribution >= 4 is 23.9 Å². The van der Waals surface area contributed by atoms with Crippen LogP contribution < -0.4 is 10.9 Å². The molecule has 0 heterocycles. The summed E-state index contributed by atoms with van der Waals surface area (Å²) in [7, 11) is 1.42. The van der Waals surface area contributed by atoms with E-state index in [-0.39, 0.29) is 34.0 Å². The molecule has 3 fully saturated rings. The van der Waals surface area contributed by atoms with Crippen LogP contribution in [0.5, 0.6) is 0 Å². The lowest BCUT2D eigenvalue weighted by atomic mass is 9.38. The average molecular weight is 599 g/mol. The molecule has 6 nitrogen and oxygen atoms in total. The van der Waals surface area contributed by atoms with Crippen molar-refractivity contribution in [3.8, 4) is 0 Å². The van der Waals surface area contributed by atoms with Crippen molar-refractivity contribution in [2.75, 3.05) is 7.11 Å². The standard InChI is InChI=1S/C38H50N2O4/c1-23(2)26-14-20-38(34(43)40-39-22-41)21-16-29-27(32(26)38)12-13-31-36(29,5)19-17-30-35(3,4)28(15-18-37(30,31)6)24-8-10-25(11-9-24)33(42)44-7/h8-11,15-16,22,26-27,30-32H,1,12-14,17-21H2,2-7H3,(H,39,41)(H,40,43)/t26-,27-,30-,31-,32+,36-,37-,38-/m0/s1. The van der Waals surface area contributed by atoms with E-state index in [1.54, 1.807) is 5.57 Å². The predicted octanol–water partition coefficient (Wildman–Crippen LogP) is 7.43. The smallest absolute Gasteiger partial charge is 0.337 e. The Morgan fingerprint density at radius 3 is 2.34 bits per heavy atom. The van der Waals surface area contributed by atoms with Gasteiger partial charge in [-0.15, -0.1) is 0 Å². The number of fused-ring (bicyclic) bond motifs is 7. The first-order valence-corrected chi connectivity index (χ1v) is 16.6. The minimum absolute atomic E-state index is 0.00572. The number of rotatable bonds is 6. The summed E-state index contributed by atoms with van der Waals surface area (Å²) in [5.41, 5.74) is 10.9. The molecule has 6 rings (SSSR count). The zero-order valence-electron chi connectivity index (χ0n) is 27.4. The molecule has 5 aliphatic rings. The van der Waals surface area contributed by atoms with Gasteiger partial charge in [0.1, 0.15) is 0 Å². The van der Waals surface area contributed by atoms with Crippen molar-refractivity contribution in [3.63, 3.8) is 0 Å². The number of hydrogen-bond acceptors (Lipinski definition) is 4. The van der Waals surface area contributed by atoms with E-state index in [0.29, 0.717) is 35.6 Å². The zero-order valence-corrected chi connectivity index (χ0v) is 27.4. The van der Waals surface area contributed by atoms with Crippen molar-refractivity contribution in [3.05, 3.63) is 65.3 Å². The Kier molecular flexibility index (Phi) is 7.53. The van der Waals surface area contributed by atoms with E-state index in [9.17, 15) is 14.4 Å². The fourth-order valence-electron chi connectivity index (χ4n) is 11.7. The van der Waals surface area contributed by atoms with Crippen LogP contribution in [0, 0.1) is 51.2 Å². The maximum absolute atomic E-state index is 13.7. The highest BCUT2D eigenvalue weighted by molar-refractivity contribution is 5.90. The number of hydrazine groups is 1. The topological polar surface area (TPSA) is 84.5 Å². The molecule has 0 spiro atoms. The first-order chi connectivity index (χ1) is 20.8. The summed E-state index contributed by atoms with van der Waals surface area (Å²) in [6.07, 6.45) is 13.7. The third kappa shape index (κ3) is 4.29. The molecule has 0 aliphatic heterocycles. The van der Waals surface area contributed by atoms with Gasteiger partial charge in [-0.1, -0.05) is 69.7 Å². The minimum Gasteiger partial charge on any atom is -0.465 e. The molecule has 44 heavy (non-hydrogen) atoms. The number of esters is 1. The molecule has 1 aromatic carbocycles. The number of hydrogen-bond donors (Lipinski definition) is 2. The molecule has 8 atom stereocenters. The molecule has 5 aliphatic carbocycles. The van der Waals surface area contributed by atoms with E-state index in [1.165, 1.54) is 36.7 Å². The summed E-state index contributed by atoms with van der Waals surface area (Å²) in [5.74, 6) is 1.68. The number of methoxy groups -OCH3 is 1. The van der Waals surface area contributed by atoms with Gasteiger partial charge < -0.3 is 4.74 Å². The van der Waals surface area contributed by atoms with Crippen molar-refractivity contribution in [1.82, 2.24) is 10.9 Å².